The van der Waals surface area contributed by atoms with Crippen molar-refractivity contribution in [2.45, 2.75) is 68.3 Å². The number of fused-ring (bicyclic) bond motifs is 1. The van der Waals surface area contributed by atoms with E-state index in [-0.39, 0.29) is 16.9 Å². The number of phenols is 3. The summed E-state index contributed by atoms with van der Waals surface area (Å²) in [5.74, 6) is -3.14. The van der Waals surface area contributed by atoms with Crippen molar-refractivity contribution in [3.63, 3.8) is 0 Å². The maximum absolute atomic E-state index is 13.7. The molecule has 3 aromatic rings. The van der Waals surface area contributed by atoms with Gasteiger partial charge in [-0.1, -0.05) is 0 Å². The third-order valence-corrected chi connectivity index (χ3v) is 7.29. The molecule has 2 aliphatic heterocycles. The van der Waals surface area contributed by atoms with Crippen LogP contribution in [-0.4, -0.2) is 119 Å². The Morgan fingerprint density at radius 3 is 2.05 bits per heavy atom. The highest BCUT2D eigenvalue weighted by Crippen LogP contribution is 2.40. The van der Waals surface area contributed by atoms with E-state index in [4.69, 9.17) is 23.4 Å². The zero-order valence-electron chi connectivity index (χ0n) is 22.3. The van der Waals surface area contributed by atoms with Crippen LogP contribution in [0.15, 0.2) is 39.5 Å². The van der Waals surface area contributed by atoms with Crippen LogP contribution in [0, 0.1) is 0 Å². The molecule has 0 radical (unpaired) electrons. The fraction of sp³-hybridized carbons (Fsp3) is 0.444. The lowest BCUT2D eigenvalue weighted by Crippen LogP contribution is -2.60. The molecule has 2 fully saturated rings. The average Bonchev–Trinajstić information content (AvgIpc) is 2.97. The lowest BCUT2D eigenvalue weighted by Gasteiger charge is -2.39. The van der Waals surface area contributed by atoms with E-state index in [0.29, 0.717) is 0 Å². The molecular formula is C27H30O16. The second-order valence-corrected chi connectivity index (χ2v) is 10.2. The first kappa shape index (κ1) is 30.7. The fourth-order valence-electron chi connectivity index (χ4n) is 4.81. The molecule has 0 spiro atoms. The van der Waals surface area contributed by atoms with Crippen LogP contribution in [-0.2, 0) is 9.47 Å². The number of rotatable bonds is 6. The molecule has 0 bridgehead atoms. The Hall–Kier alpha value is -3.71. The molecule has 43 heavy (non-hydrogen) atoms. The SMILES string of the molecule is C[C@@H]1O[C@H](Oc2cc(O)c3c(=O)c(O[C@@H]4O[C@H](CO)[C@H](O)[C@H](O)[C@H]4O)c(-c4ccc(O)c(O)c4)oc3c2)[C@H](O)[C@H](O)[C@H]1O. The highest BCUT2D eigenvalue weighted by molar-refractivity contribution is 5.88. The molecule has 3 heterocycles. The maximum Gasteiger partial charge on any atom is 0.239 e. The summed E-state index contributed by atoms with van der Waals surface area (Å²) in [7, 11) is 0. The Morgan fingerprint density at radius 1 is 0.744 bits per heavy atom. The lowest BCUT2D eigenvalue weighted by atomic mass is 9.99. The minimum atomic E-state index is -1.92. The molecule has 2 aromatic carbocycles. The Labute approximate surface area is 241 Å². The van der Waals surface area contributed by atoms with Crippen molar-refractivity contribution >= 4 is 11.0 Å². The van der Waals surface area contributed by atoms with Gasteiger partial charge in [-0.25, -0.2) is 0 Å². The molecule has 1 aromatic heterocycles. The first-order valence-electron chi connectivity index (χ1n) is 13.0. The Kier molecular flexibility index (Phi) is 8.41. The van der Waals surface area contributed by atoms with E-state index in [9.17, 15) is 55.9 Å². The normalized spacial score (nSPS) is 32.9. The van der Waals surface area contributed by atoms with Gasteiger partial charge in [-0.05, 0) is 25.1 Å². The molecule has 16 heteroatoms. The molecule has 0 aliphatic carbocycles. The van der Waals surface area contributed by atoms with E-state index in [1.807, 2.05) is 0 Å². The van der Waals surface area contributed by atoms with Crippen molar-refractivity contribution in [2.24, 2.45) is 0 Å². The van der Waals surface area contributed by atoms with Gasteiger partial charge in [-0.2, -0.15) is 0 Å². The van der Waals surface area contributed by atoms with Gasteiger partial charge in [0.25, 0.3) is 0 Å². The minimum Gasteiger partial charge on any atom is -0.507 e. The molecule has 0 unspecified atom stereocenters. The number of aliphatic hydroxyl groups is 7. The standard InChI is InChI=1S/C27H30O16/c1-8-17(32)20(35)22(37)26(39-8)40-10-5-13(31)16-14(6-10)41-24(9-2-3-11(29)12(30)4-9)25(19(16)34)43-27-23(38)21(36)18(33)15(7-28)42-27/h2-6,8,15,17-18,20-23,26-33,35-38H,7H2,1H3/t8-,15+,17-,18-,20+,21-,22+,23+,26+,27-/m0/s1. The topological polar surface area (TPSA) is 269 Å². The number of hydrogen-bond donors (Lipinski definition) is 10. The maximum atomic E-state index is 13.7. The molecule has 0 amide bonds. The Bertz CT molecular complexity index is 1540. The van der Waals surface area contributed by atoms with Gasteiger partial charge >= 0.3 is 0 Å². The highest BCUT2D eigenvalue weighted by atomic mass is 16.7. The zero-order valence-corrected chi connectivity index (χ0v) is 22.3. The monoisotopic (exact) mass is 610 g/mol. The summed E-state index contributed by atoms with van der Waals surface area (Å²) in [6, 6.07) is 5.43. The van der Waals surface area contributed by atoms with Crippen LogP contribution in [0.2, 0.25) is 0 Å². The minimum absolute atomic E-state index is 0.0447. The zero-order chi connectivity index (χ0) is 31.3. The van der Waals surface area contributed by atoms with Crippen LogP contribution >= 0.6 is 0 Å². The molecular weight excluding hydrogens is 580 g/mol. The van der Waals surface area contributed by atoms with Crippen molar-refractivity contribution in [1.82, 2.24) is 0 Å². The van der Waals surface area contributed by atoms with Gasteiger partial charge < -0.3 is 74.4 Å². The third-order valence-electron chi connectivity index (χ3n) is 7.29. The average molecular weight is 611 g/mol. The summed E-state index contributed by atoms with van der Waals surface area (Å²) < 4.78 is 27.8. The fourth-order valence-corrected chi connectivity index (χ4v) is 4.81. The van der Waals surface area contributed by atoms with Crippen LogP contribution in [0.3, 0.4) is 0 Å². The van der Waals surface area contributed by atoms with E-state index >= 15 is 0 Å². The van der Waals surface area contributed by atoms with Crippen molar-refractivity contribution in [2.75, 3.05) is 6.61 Å². The van der Waals surface area contributed by atoms with Gasteiger partial charge in [-0.15, -0.1) is 0 Å². The van der Waals surface area contributed by atoms with Crippen LogP contribution < -0.4 is 14.9 Å². The predicted octanol–water partition coefficient (Wildman–Crippen LogP) is -2.04. The second kappa shape index (κ2) is 11.8. The van der Waals surface area contributed by atoms with E-state index in [0.717, 1.165) is 24.3 Å². The van der Waals surface area contributed by atoms with Gasteiger partial charge in [0.1, 0.15) is 65.2 Å². The van der Waals surface area contributed by atoms with E-state index in [2.05, 4.69) is 0 Å². The molecule has 10 atom stereocenters. The van der Waals surface area contributed by atoms with Crippen LogP contribution in [0.1, 0.15) is 6.92 Å². The Morgan fingerprint density at radius 2 is 1.40 bits per heavy atom. The number of hydrogen-bond acceptors (Lipinski definition) is 16. The van der Waals surface area contributed by atoms with Crippen molar-refractivity contribution < 1.29 is 74.4 Å². The van der Waals surface area contributed by atoms with Gasteiger partial charge in [0.05, 0.1) is 12.7 Å². The number of aromatic hydroxyl groups is 3. The Balaban J connectivity index is 1.61. The molecule has 16 nitrogen and oxygen atoms in total. The first-order chi connectivity index (χ1) is 20.3. The van der Waals surface area contributed by atoms with Gasteiger partial charge in [0, 0.05) is 17.7 Å². The molecule has 0 saturated carbocycles. The summed E-state index contributed by atoms with van der Waals surface area (Å²) >= 11 is 0. The summed E-state index contributed by atoms with van der Waals surface area (Å²) in [5.41, 5.74) is -1.40. The summed E-state index contributed by atoms with van der Waals surface area (Å²) in [6.45, 7) is 0.650. The molecule has 2 saturated heterocycles. The summed E-state index contributed by atoms with van der Waals surface area (Å²) in [5, 5.41) is 101. The van der Waals surface area contributed by atoms with Gasteiger partial charge in [-0.3, -0.25) is 4.79 Å². The van der Waals surface area contributed by atoms with Crippen LogP contribution in [0.5, 0.6) is 28.7 Å². The molecule has 5 rings (SSSR count). The van der Waals surface area contributed by atoms with Gasteiger partial charge in [0.15, 0.2) is 17.3 Å². The second-order valence-electron chi connectivity index (χ2n) is 10.2. The molecule has 10 N–H and O–H groups in total. The van der Waals surface area contributed by atoms with Gasteiger partial charge in [0.2, 0.25) is 23.8 Å². The highest BCUT2D eigenvalue weighted by Gasteiger charge is 2.46. The van der Waals surface area contributed by atoms with Crippen molar-refractivity contribution in [3.05, 3.63) is 40.6 Å². The van der Waals surface area contributed by atoms with E-state index in [1.54, 1.807) is 0 Å². The molecule has 234 valence electrons. The summed E-state index contributed by atoms with van der Waals surface area (Å²) in [4.78, 5) is 13.7. The number of benzene rings is 2. The van der Waals surface area contributed by atoms with Crippen LogP contribution in [0.4, 0.5) is 0 Å². The van der Waals surface area contributed by atoms with Crippen molar-refractivity contribution in [1.29, 1.82) is 0 Å². The van der Waals surface area contributed by atoms with Crippen molar-refractivity contribution in [3.8, 4) is 40.1 Å². The van der Waals surface area contributed by atoms with E-state index < -0.39 is 108 Å². The largest absolute Gasteiger partial charge is 0.507 e. The number of aliphatic hydroxyl groups excluding tert-OH is 7. The quantitative estimate of drug-likeness (QED) is 0.135. The third kappa shape index (κ3) is 5.55. The van der Waals surface area contributed by atoms with E-state index in [1.165, 1.54) is 13.0 Å². The predicted molar refractivity (Wildman–Crippen MR) is 140 cm³/mol. The van der Waals surface area contributed by atoms with Crippen LogP contribution in [0.25, 0.3) is 22.3 Å². The lowest BCUT2D eigenvalue weighted by molar-refractivity contribution is -0.277. The number of ether oxygens (including phenoxy) is 4. The summed E-state index contributed by atoms with van der Waals surface area (Å²) in [6.07, 6.45) is -15.9. The number of phenolic OH excluding ortho intramolecular Hbond substituents is 3. The first-order valence-corrected chi connectivity index (χ1v) is 13.0. The smallest absolute Gasteiger partial charge is 0.239 e. The molecule has 2 aliphatic rings.